The Morgan fingerprint density at radius 3 is 2.33 bits per heavy atom. The molecule has 2 aromatic carbocycles. The minimum atomic E-state index is 0.0833. The summed E-state index contributed by atoms with van der Waals surface area (Å²) in [6.07, 6.45) is 4.45. The minimum absolute atomic E-state index is 0.0833. The van der Waals surface area contributed by atoms with Crippen LogP contribution in [0, 0.1) is 0 Å². The lowest BCUT2D eigenvalue weighted by molar-refractivity contribution is -0.693. The maximum atomic E-state index is 12.8. The van der Waals surface area contributed by atoms with Crippen LogP contribution in [0.5, 0.6) is 0 Å². The van der Waals surface area contributed by atoms with E-state index in [1.807, 2.05) is 41.1 Å². The number of carbonyl (C=O) groups is 1. The number of Topliss-reactive ketones (excluding diaryl/α,β-unsaturated/α-hetero) is 1. The van der Waals surface area contributed by atoms with Gasteiger partial charge in [-0.2, -0.15) is 0 Å². The number of carbonyl (C=O) groups excluding carboxylic acids is 1. The van der Waals surface area contributed by atoms with Crippen LogP contribution < -0.4 is 4.57 Å². The zero-order valence-corrected chi connectivity index (χ0v) is 18.0. The van der Waals surface area contributed by atoms with Crippen molar-refractivity contribution in [3.8, 4) is 11.4 Å². The maximum Gasteiger partial charge on any atom is 0.309 e. The van der Waals surface area contributed by atoms with E-state index in [1.165, 1.54) is 6.42 Å². The van der Waals surface area contributed by atoms with Gasteiger partial charge in [-0.25, -0.2) is 4.57 Å². The lowest BCUT2D eigenvalue weighted by Gasteiger charge is -2.02. The largest absolute Gasteiger partial charge is 0.309 e. The monoisotopic (exact) mass is 488 g/mol. The first-order valence-electron chi connectivity index (χ1n) is 9.16. The van der Waals surface area contributed by atoms with Crippen LogP contribution in [0.4, 0.5) is 0 Å². The van der Waals surface area contributed by atoms with Crippen LogP contribution in [0.2, 0.25) is 0 Å². The topological polar surface area (TPSA) is 38.8 Å². The van der Waals surface area contributed by atoms with Crippen molar-refractivity contribution in [2.24, 2.45) is 0 Å². The number of ketones is 1. The summed E-state index contributed by atoms with van der Waals surface area (Å²) in [6.45, 7) is 1.22. The smallest absolute Gasteiger partial charge is 0.290 e. The standard InChI is InChI=1S/C21H20Br2N3O/c22-17-9-5-15(6-10-17)19(27)14-26-20-4-2-1-3-13-25(20)21(24-26)16-7-11-18(23)12-8-16/h5-12H,1-4,13-14H2/q+1. The number of aromatic nitrogens is 3. The van der Waals surface area contributed by atoms with E-state index in [1.54, 1.807) is 0 Å². The van der Waals surface area contributed by atoms with Gasteiger partial charge in [0.2, 0.25) is 5.82 Å². The quantitative estimate of drug-likeness (QED) is 0.383. The van der Waals surface area contributed by atoms with E-state index in [9.17, 15) is 4.79 Å². The van der Waals surface area contributed by atoms with Crippen molar-refractivity contribution in [3.63, 3.8) is 0 Å². The number of hydrogen-bond donors (Lipinski definition) is 0. The number of hydrogen-bond acceptors (Lipinski definition) is 2. The molecule has 0 saturated heterocycles. The highest BCUT2D eigenvalue weighted by Gasteiger charge is 2.29. The third-order valence-electron chi connectivity index (χ3n) is 4.92. The van der Waals surface area contributed by atoms with Gasteiger partial charge in [0.05, 0.1) is 12.1 Å². The summed E-state index contributed by atoms with van der Waals surface area (Å²) in [5.41, 5.74) is 1.79. The van der Waals surface area contributed by atoms with Gasteiger partial charge in [-0.3, -0.25) is 4.79 Å². The van der Waals surface area contributed by atoms with Crippen LogP contribution in [-0.2, 0) is 19.5 Å². The average molecular weight is 490 g/mol. The Bertz CT molecular complexity index is 962. The molecule has 0 unspecified atom stereocenters. The fourth-order valence-electron chi connectivity index (χ4n) is 3.52. The number of rotatable bonds is 4. The Kier molecular flexibility index (Phi) is 5.55. The number of halogens is 2. The molecule has 0 atom stereocenters. The molecule has 0 N–H and O–H groups in total. The first-order chi connectivity index (χ1) is 13.1. The van der Waals surface area contributed by atoms with Gasteiger partial charge >= 0.3 is 5.82 Å². The van der Waals surface area contributed by atoms with Gasteiger partial charge in [0, 0.05) is 26.0 Å². The fourth-order valence-corrected chi connectivity index (χ4v) is 4.05. The molecule has 6 heteroatoms. The molecule has 138 valence electrons. The highest BCUT2D eigenvalue weighted by atomic mass is 79.9. The second kappa shape index (κ2) is 8.07. The molecular weight excluding hydrogens is 470 g/mol. The van der Waals surface area contributed by atoms with Crippen LogP contribution in [0.15, 0.2) is 57.5 Å². The molecule has 0 spiro atoms. The molecule has 3 aromatic rings. The molecular formula is C21H20Br2N3O+. The molecule has 4 rings (SSSR count). The Morgan fingerprint density at radius 1 is 0.963 bits per heavy atom. The van der Waals surface area contributed by atoms with E-state index in [2.05, 4.69) is 48.6 Å². The van der Waals surface area contributed by atoms with E-state index in [4.69, 9.17) is 5.10 Å². The second-order valence-corrected chi connectivity index (χ2v) is 8.63. The summed E-state index contributed by atoms with van der Waals surface area (Å²) in [5, 5.41) is 4.85. The van der Waals surface area contributed by atoms with E-state index >= 15 is 0 Å². The summed E-state index contributed by atoms with van der Waals surface area (Å²) in [6, 6.07) is 15.7. The number of benzene rings is 2. The van der Waals surface area contributed by atoms with Crippen molar-refractivity contribution in [3.05, 3.63) is 68.9 Å². The van der Waals surface area contributed by atoms with Crippen molar-refractivity contribution in [1.29, 1.82) is 0 Å². The second-order valence-electron chi connectivity index (χ2n) is 6.80. The lowest BCUT2D eigenvalue weighted by Crippen LogP contribution is -2.38. The average Bonchev–Trinajstić information content (AvgIpc) is 2.84. The van der Waals surface area contributed by atoms with Gasteiger partial charge in [0.15, 0.2) is 12.3 Å². The van der Waals surface area contributed by atoms with E-state index < -0.39 is 0 Å². The molecule has 0 aliphatic carbocycles. The molecule has 2 heterocycles. The first-order valence-corrected chi connectivity index (χ1v) is 10.7. The van der Waals surface area contributed by atoms with Crippen LogP contribution >= 0.6 is 31.9 Å². The molecule has 27 heavy (non-hydrogen) atoms. The van der Waals surface area contributed by atoms with Crippen LogP contribution in [0.25, 0.3) is 11.4 Å². The van der Waals surface area contributed by atoms with Crippen molar-refractivity contribution in [2.45, 2.75) is 38.8 Å². The number of nitrogens with zero attached hydrogens (tertiary/aromatic N) is 3. The zero-order valence-electron chi connectivity index (χ0n) is 14.9. The molecule has 0 saturated carbocycles. The van der Waals surface area contributed by atoms with Gasteiger partial charge in [0.25, 0.3) is 0 Å². The molecule has 4 nitrogen and oxygen atoms in total. The summed E-state index contributed by atoms with van der Waals surface area (Å²) in [5.74, 6) is 2.18. The summed E-state index contributed by atoms with van der Waals surface area (Å²) < 4.78 is 6.23. The molecule has 1 aliphatic heterocycles. The van der Waals surface area contributed by atoms with Gasteiger partial charge in [-0.15, -0.1) is 4.68 Å². The highest BCUT2D eigenvalue weighted by molar-refractivity contribution is 9.10. The Morgan fingerprint density at radius 2 is 1.63 bits per heavy atom. The predicted octanol–water partition coefficient (Wildman–Crippen LogP) is 4.97. The zero-order chi connectivity index (χ0) is 18.8. The van der Waals surface area contributed by atoms with Gasteiger partial charge in [0.1, 0.15) is 0 Å². The molecule has 0 fully saturated rings. The Hall–Kier alpha value is -1.79. The highest BCUT2D eigenvalue weighted by Crippen LogP contribution is 2.21. The third kappa shape index (κ3) is 4.06. The Labute approximate surface area is 175 Å². The molecule has 0 radical (unpaired) electrons. The summed E-state index contributed by atoms with van der Waals surface area (Å²) in [4.78, 5) is 12.8. The maximum absolute atomic E-state index is 12.8. The SMILES string of the molecule is O=C(Cn1nc(-c2ccc(Br)cc2)[n+]2c1CCCCC2)c1ccc(Br)cc1. The molecule has 1 aliphatic rings. The van der Waals surface area contributed by atoms with E-state index in [-0.39, 0.29) is 12.3 Å². The summed E-state index contributed by atoms with van der Waals surface area (Å²) in [7, 11) is 0. The van der Waals surface area contributed by atoms with Gasteiger partial charge in [-0.05, 0) is 55.7 Å². The fraction of sp³-hybridized carbons (Fsp3) is 0.286. The van der Waals surface area contributed by atoms with E-state index in [0.717, 1.165) is 52.0 Å². The van der Waals surface area contributed by atoms with Crippen molar-refractivity contribution >= 4 is 37.6 Å². The Balaban J connectivity index is 1.71. The molecule has 0 amide bonds. The minimum Gasteiger partial charge on any atom is -0.290 e. The first kappa shape index (κ1) is 18.6. The van der Waals surface area contributed by atoms with Gasteiger partial charge in [-0.1, -0.05) is 44.0 Å². The normalized spacial score (nSPS) is 13.9. The lowest BCUT2D eigenvalue weighted by atomic mass is 10.1. The van der Waals surface area contributed by atoms with Gasteiger partial charge < -0.3 is 0 Å². The number of fused-ring (bicyclic) bond motifs is 1. The van der Waals surface area contributed by atoms with Crippen LogP contribution in [0.3, 0.4) is 0 Å². The predicted molar refractivity (Wildman–Crippen MR) is 112 cm³/mol. The third-order valence-corrected chi connectivity index (χ3v) is 5.98. The van der Waals surface area contributed by atoms with E-state index in [0.29, 0.717) is 5.56 Å². The van der Waals surface area contributed by atoms with Crippen molar-refractivity contribution in [2.75, 3.05) is 0 Å². The molecule has 0 bridgehead atoms. The van der Waals surface area contributed by atoms with Crippen molar-refractivity contribution in [1.82, 2.24) is 9.78 Å². The molecule has 1 aromatic heterocycles. The van der Waals surface area contributed by atoms with Crippen LogP contribution in [0.1, 0.15) is 35.4 Å². The summed E-state index contributed by atoms with van der Waals surface area (Å²) >= 11 is 6.91. The van der Waals surface area contributed by atoms with Crippen molar-refractivity contribution < 1.29 is 9.36 Å². The van der Waals surface area contributed by atoms with Crippen LogP contribution in [-0.4, -0.2) is 15.6 Å².